The molecule has 98 valence electrons. The van der Waals surface area contributed by atoms with Crippen molar-refractivity contribution in [3.8, 4) is 0 Å². The van der Waals surface area contributed by atoms with Crippen LogP contribution in [0.4, 0.5) is 5.82 Å². The van der Waals surface area contributed by atoms with Gasteiger partial charge in [0.05, 0.1) is 17.7 Å². The molecule has 2 atom stereocenters. The molecule has 1 fully saturated rings. The number of primary amides is 1. The summed E-state index contributed by atoms with van der Waals surface area (Å²) < 4.78 is 5.67. The summed E-state index contributed by atoms with van der Waals surface area (Å²) in [4.78, 5) is 19.2. The summed E-state index contributed by atoms with van der Waals surface area (Å²) in [5.74, 6) is -0.0295. The zero-order chi connectivity index (χ0) is 13.0. The molecule has 0 aromatic carbocycles. The third-order valence-corrected chi connectivity index (χ3v) is 3.13. The summed E-state index contributed by atoms with van der Waals surface area (Å²) in [7, 11) is 0. The SMILES string of the molecule is CCO[C@H]1CCC[C@@H]1Nc1ncncc1C(N)=O. The van der Waals surface area contributed by atoms with E-state index in [0.717, 1.165) is 19.3 Å². The first kappa shape index (κ1) is 12.8. The molecule has 1 aromatic heterocycles. The van der Waals surface area contributed by atoms with Crippen molar-refractivity contribution in [1.82, 2.24) is 9.97 Å². The molecular weight excluding hydrogens is 232 g/mol. The van der Waals surface area contributed by atoms with Crippen molar-refractivity contribution in [3.63, 3.8) is 0 Å². The second-order valence-corrected chi connectivity index (χ2v) is 4.32. The van der Waals surface area contributed by atoms with Crippen LogP contribution in [0.2, 0.25) is 0 Å². The molecular formula is C12H18N4O2. The number of ether oxygens (including phenoxy) is 1. The van der Waals surface area contributed by atoms with Crippen molar-refractivity contribution in [2.45, 2.75) is 38.3 Å². The average Bonchev–Trinajstić information content (AvgIpc) is 2.78. The number of nitrogens with zero attached hydrogens (tertiary/aromatic N) is 2. The molecule has 1 amide bonds. The normalized spacial score (nSPS) is 22.9. The highest BCUT2D eigenvalue weighted by Gasteiger charge is 2.28. The van der Waals surface area contributed by atoms with E-state index >= 15 is 0 Å². The van der Waals surface area contributed by atoms with Crippen molar-refractivity contribution in [2.24, 2.45) is 5.73 Å². The van der Waals surface area contributed by atoms with Crippen LogP contribution in [0.15, 0.2) is 12.5 Å². The maximum Gasteiger partial charge on any atom is 0.254 e. The third kappa shape index (κ3) is 2.76. The molecule has 18 heavy (non-hydrogen) atoms. The number of carbonyl (C=O) groups is 1. The topological polar surface area (TPSA) is 90.1 Å². The highest BCUT2D eigenvalue weighted by Crippen LogP contribution is 2.25. The molecule has 1 aromatic rings. The second-order valence-electron chi connectivity index (χ2n) is 4.32. The fourth-order valence-corrected chi connectivity index (χ4v) is 2.31. The molecule has 2 rings (SSSR count). The number of carbonyl (C=O) groups excluding carboxylic acids is 1. The number of rotatable bonds is 5. The van der Waals surface area contributed by atoms with Gasteiger partial charge in [-0.15, -0.1) is 0 Å². The molecule has 6 heteroatoms. The fourth-order valence-electron chi connectivity index (χ4n) is 2.31. The summed E-state index contributed by atoms with van der Waals surface area (Å²) in [6, 6.07) is 0.179. The standard InChI is InChI=1S/C12H18N4O2/c1-2-18-10-5-3-4-9(10)16-12-8(11(13)17)6-14-7-15-12/h6-7,9-10H,2-5H2,1H3,(H2,13,17)(H,14,15,16)/t9-,10-/m0/s1. The largest absolute Gasteiger partial charge is 0.376 e. The van der Waals surface area contributed by atoms with Crippen LogP contribution in [0.1, 0.15) is 36.5 Å². The van der Waals surface area contributed by atoms with Crippen LogP contribution in [-0.2, 0) is 4.74 Å². The average molecular weight is 250 g/mol. The maximum absolute atomic E-state index is 11.3. The Morgan fingerprint density at radius 1 is 1.61 bits per heavy atom. The number of hydrogen-bond acceptors (Lipinski definition) is 5. The van der Waals surface area contributed by atoms with Gasteiger partial charge in [0.25, 0.3) is 5.91 Å². The van der Waals surface area contributed by atoms with Gasteiger partial charge >= 0.3 is 0 Å². The summed E-state index contributed by atoms with van der Waals surface area (Å²) in [6.07, 6.45) is 6.15. The van der Waals surface area contributed by atoms with Crippen LogP contribution >= 0.6 is 0 Å². The zero-order valence-electron chi connectivity index (χ0n) is 10.4. The minimum atomic E-state index is -0.524. The number of aromatic nitrogens is 2. The van der Waals surface area contributed by atoms with Crippen LogP contribution < -0.4 is 11.1 Å². The predicted molar refractivity (Wildman–Crippen MR) is 67.2 cm³/mol. The first-order valence-corrected chi connectivity index (χ1v) is 6.20. The fraction of sp³-hybridized carbons (Fsp3) is 0.583. The van der Waals surface area contributed by atoms with E-state index in [1.807, 2.05) is 6.92 Å². The first-order valence-electron chi connectivity index (χ1n) is 6.20. The Kier molecular flexibility index (Phi) is 4.09. The quantitative estimate of drug-likeness (QED) is 0.811. The molecule has 1 aliphatic rings. The van der Waals surface area contributed by atoms with E-state index < -0.39 is 5.91 Å². The molecule has 0 aliphatic heterocycles. The second kappa shape index (κ2) is 5.77. The maximum atomic E-state index is 11.3. The summed E-state index contributed by atoms with van der Waals surface area (Å²) in [6.45, 7) is 2.67. The molecule has 3 N–H and O–H groups in total. The number of nitrogens with one attached hydrogen (secondary N) is 1. The van der Waals surface area contributed by atoms with Gasteiger partial charge in [-0.05, 0) is 26.2 Å². The van der Waals surface area contributed by atoms with Crippen molar-refractivity contribution in [3.05, 3.63) is 18.1 Å². The molecule has 0 unspecified atom stereocenters. The van der Waals surface area contributed by atoms with Crippen LogP contribution in [0, 0.1) is 0 Å². The van der Waals surface area contributed by atoms with Crippen molar-refractivity contribution < 1.29 is 9.53 Å². The number of anilines is 1. The predicted octanol–water partition coefficient (Wildman–Crippen LogP) is 0.945. The zero-order valence-corrected chi connectivity index (χ0v) is 10.4. The van der Waals surface area contributed by atoms with Crippen molar-refractivity contribution >= 4 is 11.7 Å². The minimum Gasteiger partial charge on any atom is -0.376 e. The van der Waals surface area contributed by atoms with E-state index in [4.69, 9.17) is 10.5 Å². The third-order valence-electron chi connectivity index (χ3n) is 3.13. The van der Waals surface area contributed by atoms with Gasteiger partial charge in [0.2, 0.25) is 0 Å². The highest BCUT2D eigenvalue weighted by atomic mass is 16.5. The van der Waals surface area contributed by atoms with Crippen LogP contribution in [0.5, 0.6) is 0 Å². The van der Waals surface area contributed by atoms with Gasteiger partial charge in [-0.1, -0.05) is 0 Å². The first-order chi connectivity index (χ1) is 8.72. The highest BCUT2D eigenvalue weighted by molar-refractivity contribution is 5.97. The van der Waals surface area contributed by atoms with Gasteiger partial charge in [-0.2, -0.15) is 0 Å². The van der Waals surface area contributed by atoms with Crippen molar-refractivity contribution in [1.29, 1.82) is 0 Å². The monoisotopic (exact) mass is 250 g/mol. The summed E-state index contributed by atoms with van der Waals surface area (Å²) in [5.41, 5.74) is 5.61. The van der Waals surface area contributed by atoms with Crippen LogP contribution in [0.3, 0.4) is 0 Å². The van der Waals surface area contributed by atoms with Crippen molar-refractivity contribution in [2.75, 3.05) is 11.9 Å². The lowest BCUT2D eigenvalue weighted by Crippen LogP contribution is -2.32. The molecule has 0 saturated heterocycles. The van der Waals surface area contributed by atoms with E-state index in [1.165, 1.54) is 12.5 Å². The Morgan fingerprint density at radius 3 is 3.17 bits per heavy atom. The van der Waals surface area contributed by atoms with E-state index in [2.05, 4.69) is 15.3 Å². The van der Waals surface area contributed by atoms with E-state index in [9.17, 15) is 4.79 Å². The van der Waals surface area contributed by atoms with E-state index in [-0.39, 0.29) is 12.1 Å². The van der Waals surface area contributed by atoms with Crippen LogP contribution in [0.25, 0.3) is 0 Å². The van der Waals surface area contributed by atoms with Gasteiger partial charge in [-0.3, -0.25) is 4.79 Å². The molecule has 0 radical (unpaired) electrons. The van der Waals surface area contributed by atoms with Gasteiger partial charge in [0.1, 0.15) is 12.1 Å². The lowest BCUT2D eigenvalue weighted by molar-refractivity contribution is 0.0615. The number of hydrogen-bond donors (Lipinski definition) is 2. The summed E-state index contributed by atoms with van der Waals surface area (Å²) in [5, 5.41) is 3.25. The van der Waals surface area contributed by atoms with Gasteiger partial charge in [-0.25, -0.2) is 9.97 Å². The Labute approximate surface area is 106 Å². The molecule has 1 aliphatic carbocycles. The van der Waals surface area contributed by atoms with Crippen LogP contribution in [-0.4, -0.2) is 34.6 Å². The molecule has 6 nitrogen and oxygen atoms in total. The molecule has 1 heterocycles. The smallest absolute Gasteiger partial charge is 0.254 e. The van der Waals surface area contributed by atoms with E-state index in [1.54, 1.807) is 0 Å². The Hall–Kier alpha value is -1.69. The summed E-state index contributed by atoms with van der Waals surface area (Å²) >= 11 is 0. The molecule has 1 saturated carbocycles. The Bertz CT molecular complexity index is 424. The lowest BCUT2D eigenvalue weighted by Gasteiger charge is -2.22. The lowest BCUT2D eigenvalue weighted by atomic mass is 10.2. The number of amides is 1. The molecule has 0 spiro atoms. The Morgan fingerprint density at radius 2 is 2.44 bits per heavy atom. The Balaban J connectivity index is 2.11. The van der Waals surface area contributed by atoms with Gasteiger partial charge in [0.15, 0.2) is 0 Å². The molecule has 0 bridgehead atoms. The van der Waals surface area contributed by atoms with E-state index in [0.29, 0.717) is 18.0 Å². The number of nitrogens with two attached hydrogens (primary N) is 1. The van der Waals surface area contributed by atoms with Gasteiger partial charge < -0.3 is 15.8 Å². The minimum absolute atomic E-state index is 0.172. The van der Waals surface area contributed by atoms with Gasteiger partial charge in [0, 0.05) is 12.8 Å².